The van der Waals surface area contributed by atoms with Crippen LogP contribution in [0.15, 0.2) is 24.3 Å². The largest absolute Gasteiger partial charge is 0.399 e. The number of nitrogen functional groups attached to an aromatic ring is 1. The van der Waals surface area contributed by atoms with Crippen LogP contribution in [-0.4, -0.2) is 23.4 Å². The van der Waals surface area contributed by atoms with Gasteiger partial charge in [-0.2, -0.15) is 0 Å². The third-order valence-electron chi connectivity index (χ3n) is 5.04. The third-order valence-corrected chi connectivity index (χ3v) is 5.04. The molecule has 3 nitrogen and oxygen atoms in total. The van der Waals surface area contributed by atoms with Gasteiger partial charge in [-0.05, 0) is 47.8 Å². The fraction of sp³-hybridized carbons (Fsp3) is 0.611. The highest BCUT2D eigenvalue weighted by Crippen LogP contribution is 2.52. The molecule has 1 heterocycles. The van der Waals surface area contributed by atoms with Crippen molar-refractivity contribution in [1.29, 1.82) is 0 Å². The molecule has 21 heavy (non-hydrogen) atoms. The molecule has 3 rings (SSSR count). The predicted octanol–water partition coefficient (Wildman–Crippen LogP) is 3.24. The summed E-state index contributed by atoms with van der Waals surface area (Å²) in [5.74, 6) is 0.257. The van der Waals surface area contributed by atoms with Gasteiger partial charge in [0.1, 0.15) is 0 Å². The summed E-state index contributed by atoms with van der Waals surface area (Å²) in [4.78, 5) is 14.8. The minimum Gasteiger partial charge on any atom is -0.399 e. The smallest absolute Gasteiger partial charge is 0.227 e. The van der Waals surface area contributed by atoms with Gasteiger partial charge in [0.05, 0.1) is 6.42 Å². The number of fused-ring (bicyclic) bond motifs is 2. The van der Waals surface area contributed by atoms with Crippen molar-refractivity contribution in [2.24, 2.45) is 10.8 Å². The third kappa shape index (κ3) is 2.92. The molecule has 1 aliphatic heterocycles. The summed E-state index contributed by atoms with van der Waals surface area (Å²) in [7, 11) is 0. The van der Waals surface area contributed by atoms with Crippen LogP contribution in [0.25, 0.3) is 0 Å². The maximum absolute atomic E-state index is 12.7. The van der Waals surface area contributed by atoms with Crippen molar-refractivity contribution in [2.75, 3.05) is 12.3 Å². The molecule has 2 N–H and O–H groups in total. The van der Waals surface area contributed by atoms with Crippen molar-refractivity contribution >= 4 is 11.6 Å². The Labute approximate surface area is 127 Å². The molecule has 0 aromatic heterocycles. The summed E-state index contributed by atoms with van der Waals surface area (Å²) < 4.78 is 0. The zero-order valence-corrected chi connectivity index (χ0v) is 13.4. The van der Waals surface area contributed by atoms with Crippen molar-refractivity contribution in [3.63, 3.8) is 0 Å². The minimum absolute atomic E-state index is 0.257. The van der Waals surface area contributed by atoms with E-state index in [1.165, 1.54) is 12.8 Å². The second-order valence-corrected chi connectivity index (χ2v) is 8.16. The molecular formula is C18H26N2O. The van der Waals surface area contributed by atoms with E-state index in [0.717, 1.165) is 24.2 Å². The summed E-state index contributed by atoms with van der Waals surface area (Å²) in [6.07, 6.45) is 3.99. The van der Waals surface area contributed by atoms with Gasteiger partial charge in [0, 0.05) is 18.3 Å². The Morgan fingerprint density at radius 3 is 2.81 bits per heavy atom. The lowest BCUT2D eigenvalue weighted by Gasteiger charge is -2.39. The van der Waals surface area contributed by atoms with Gasteiger partial charge in [0.2, 0.25) is 5.91 Å². The lowest BCUT2D eigenvalue weighted by molar-refractivity contribution is -0.131. The molecule has 3 heteroatoms. The zero-order valence-electron chi connectivity index (χ0n) is 13.4. The van der Waals surface area contributed by atoms with E-state index in [9.17, 15) is 4.79 Å². The van der Waals surface area contributed by atoms with Gasteiger partial charge < -0.3 is 10.6 Å². The van der Waals surface area contributed by atoms with Gasteiger partial charge in [-0.3, -0.25) is 4.79 Å². The summed E-state index contributed by atoms with van der Waals surface area (Å²) in [5, 5.41) is 0. The average molecular weight is 286 g/mol. The number of anilines is 1. The number of carbonyl (C=O) groups is 1. The van der Waals surface area contributed by atoms with Crippen LogP contribution in [0.2, 0.25) is 0 Å². The van der Waals surface area contributed by atoms with Crippen LogP contribution in [-0.2, 0) is 11.2 Å². The van der Waals surface area contributed by atoms with Crippen molar-refractivity contribution in [1.82, 2.24) is 4.90 Å². The Morgan fingerprint density at radius 1 is 1.33 bits per heavy atom. The van der Waals surface area contributed by atoms with Crippen molar-refractivity contribution in [3.8, 4) is 0 Å². The molecule has 2 aliphatic rings. The normalized spacial score (nSPS) is 30.4. The Kier molecular flexibility index (Phi) is 3.27. The van der Waals surface area contributed by atoms with Crippen LogP contribution in [0.3, 0.4) is 0 Å². The molecular weight excluding hydrogens is 260 g/mol. The van der Waals surface area contributed by atoms with Gasteiger partial charge in [-0.25, -0.2) is 0 Å². The average Bonchev–Trinajstić information content (AvgIpc) is 2.58. The maximum Gasteiger partial charge on any atom is 0.227 e. The molecule has 0 spiro atoms. The standard InChI is InChI=1S/C18H26N2O/c1-17(2)9-15-10-18(3,11-17)12-20(15)16(21)8-13-5-4-6-14(19)7-13/h4-7,15H,8-12,19H2,1-3H3. The number of hydrogen-bond donors (Lipinski definition) is 1. The highest BCUT2D eigenvalue weighted by molar-refractivity contribution is 5.80. The molecule has 1 aromatic rings. The molecule has 1 saturated carbocycles. The van der Waals surface area contributed by atoms with E-state index in [2.05, 4.69) is 25.7 Å². The van der Waals surface area contributed by atoms with Crippen LogP contribution in [0.5, 0.6) is 0 Å². The van der Waals surface area contributed by atoms with Gasteiger partial charge in [0.25, 0.3) is 0 Å². The lowest BCUT2D eigenvalue weighted by Crippen LogP contribution is -2.38. The number of carbonyl (C=O) groups excluding carboxylic acids is 1. The molecule has 1 aromatic carbocycles. The molecule has 114 valence electrons. The van der Waals surface area contributed by atoms with E-state index in [-0.39, 0.29) is 5.91 Å². The maximum atomic E-state index is 12.7. The first-order chi connectivity index (χ1) is 9.76. The molecule has 0 radical (unpaired) electrons. The summed E-state index contributed by atoms with van der Waals surface area (Å²) in [5.41, 5.74) is 8.21. The number of amides is 1. The quantitative estimate of drug-likeness (QED) is 0.848. The number of nitrogens with zero attached hydrogens (tertiary/aromatic N) is 1. The van der Waals surface area contributed by atoms with Crippen LogP contribution in [0.4, 0.5) is 5.69 Å². The second kappa shape index (κ2) is 4.75. The number of nitrogens with two attached hydrogens (primary N) is 1. The number of rotatable bonds is 2. The van der Waals surface area contributed by atoms with Crippen molar-refractivity contribution < 1.29 is 4.79 Å². The predicted molar refractivity (Wildman–Crippen MR) is 85.8 cm³/mol. The van der Waals surface area contributed by atoms with Crippen LogP contribution >= 0.6 is 0 Å². The molecule has 2 atom stereocenters. The van der Waals surface area contributed by atoms with E-state index in [1.807, 2.05) is 24.3 Å². The molecule has 2 bridgehead atoms. The highest BCUT2D eigenvalue weighted by atomic mass is 16.2. The number of hydrogen-bond acceptors (Lipinski definition) is 2. The van der Waals surface area contributed by atoms with E-state index in [0.29, 0.717) is 23.3 Å². The van der Waals surface area contributed by atoms with Crippen LogP contribution in [0, 0.1) is 10.8 Å². The molecule has 1 saturated heterocycles. The Morgan fingerprint density at radius 2 is 2.10 bits per heavy atom. The summed E-state index contributed by atoms with van der Waals surface area (Å²) >= 11 is 0. The summed E-state index contributed by atoms with van der Waals surface area (Å²) in [6.45, 7) is 7.93. The van der Waals surface area contributed by atoms with E-state index < -0.39 is 0 Å². The first kappa shape index (κ1) is 14.4. The number of benzene rings is 1. The monoisotopic (exact) mass is 286 g/mol. The van der Waals surface area contributed by atoms with E-state index in [4.69, 9.17) is 5.73 Å². The van der Waals surface area contributed by atoms with Crippen molar-refractivity contribution in [3.05, 3.63) is 29.8 Å². The SMILES string of the molecule is CC1(C)CC2CC(C)(CN2C(=O)Cc2cccc(N)c2)C1. The molecule has 1 amide bonds. The Bertz CT molecular complexity index is 566. The van der Waals surface area contributed by atoms with E-state index in [1.54, 1.807) is 0 Å². The first-order valence-electron chi connectivity index (χ1n) is 7.90. The molecule has 2 unspecified atom stereocenters. The fourth-order valence-electron chi connectivity index (χ4n) is 4.73. The first-order valence-corrected chi connectivity index (χ1v) is 7.90. The minimum atomic E-state index is 0.257. The van der Waals surface area contributed by atoms with Crippen molar-refractivity contribution in [2.45, 2.75) is 52.5 Å². The van der Waals surface area contributed by atoms with Gasteiger partial charge in [0.15, 0.2) is 0 Å². The molecule has 1 aliphatic carbocycles. The van der Waals surface area contributed by atoms with Gasteiger partial charge >= 0.3 is 0 Å². The highest BCUT2D eigenvalue weighted by Gasteiger charge is 2.50. The van der Waals surface area contributed by atoms with Gasteiger partial charge in [-0.1, -0.05) is 32.9 Å². The zero-order chi connectivity index (χ0) is 15.3. The number of likely N-dealkylation sites (tertiary alicyclic amines) is 1. The topological polar surface area (TPSA) is 46.3 Å². The lowest BCUT2D eigenvalue weighted by atomic mass is 9.65. The van der Waals surface area contributed by atoms with Gasteiger partial charge in [-0.15, -0.1) is 0 Å². The van der Waals surface area contributed by atoms with Crippen LogP contribution < -0.4 is 5.73 Å². The Balaban J connectivity index is 1.74. The second-order valence-electron chi connectivity index (χ2n) is 8.16. The molecule has 2 fully saturated rings. The summed E-state index contributed by atoms with van der Waals surface area (Å²) in [6, 6.07) is 8.10. The van der Waals surface area contributed by atoms with Crippen LogP contribution in [0.1, 0.15) is 45.6 Å². The van der Waals surface area contributed by atoms with E-state index >= 15 is 0 Å². The fourth-order valence-corrected chi connectivity index (χ4v) is 4.73. The Hall–Kier alpha value is -1.51.